The van der Waals surface area contributed by atoms with Crippen LogP contribution in [0.15, 0.2) is 61.4 Å². The van der Waals surface area contributed by atoms with Gasteiger partial charge >= 0.3 is 0 Å². The second-order valence-electron chi connectivity index (χ2n) is 7.97. The third-order valence-corrected chi connectivity index (χ3v) is 5.88. The monoisotopic (exact) mass is 465 g/mol. The molecule has 1 aromatic carbocycles. The standard InChI is InChI=1S/C23H24ClN7O2/c24-18-3-1-17(2-4-18)10-30-11-19(13-32)33-20(12-30)31-15-29-21-22(27-14-28-23(21)31)26-9-16-5-7-25-8-6-16/h1-8,14-15,19-20,32H,9-13H2,(H,26,27,28)/t19-,20+/m0/s1. The fourth-order valence-electron chi connectivity index (χ4n) is 4.00. The molecular weight excluding hydrogens is 442 g/mol. The van der Waals surface area contributed by atoms with Gasteiger partial charge in [0.1, 0.15) is 12.6 Å². The molecule has 5 rings (SSSR count). The summed E-state index contributed by atoms with van der Waals surface area (Å²) in [6.45, 7) is 2.54. The molecule has 33 heavy (non-hydrogen) atoms. The van der Waals surface area contributed by atoms with E-state index >= 15 is 0 Å². The zero-order valence-electron chi connectivity index (χ0n) is 17.9. The Kier molecular flexibility index (Phi) is 6.45. The minimum absolute atomic E-state index is 0.0615. The number of hydrogen-bond acceptors (Lipinski definition) is 8. The summed E-state index contributed by atoms with van der Waals surface area (Å²) < 4.78 is 8.07. The van der Waals surface area contributed by atoms with Gasteiger partial charge in [-0.3, -0.25) is 14.5 Å². The van der Waals surface area contributed by atoms with Crippen LogP contribution >= 0.6 is 11.6 Å². The molecule has 10 heteroatoms. The molecule has 2 N–H and O–H groups in total. The molecule has 0 saturated carbocycles. The lowest BCUT2D eigenvalue weighted by atomic mass is 10.2. The number of pyridine rings is 1. The highest BCUT2D eigenvalue weighted by molar-refractivity contribution is 6.30. The molecule has 1 saturated heterocycles. The summed E-state index contributed by atoms with van der Waals surface area (Å²) in [4.78, 5) is 19.7. The molecule has 4 heterocycles. The molecule has 1 fully saturated rings. The van der Waals surface area contributed by atoms with Gasteiger partial charge in [0.05, 0.1) is 19.0 Å². The third kappa shape index (κ3) is 4.96. The van der Waals surface area contributed by atoms with E-state index in [0.29, 0.717) is 41.6 Å². The summed E-state index contributed by atoms with van der Waals surface area (Å²) in [7, 11) is 0. The lowest BCUT2D eigenvalue weighted by Crippen LogP contribution is -2.46. The number of halogens is 1. The van der Waals surface area contributed by atoms with E-state index in [-0.39, 0.29) is 18.9 Å². The molecule has 0 radical (unpaired) electrons. The molecular formula is C23H24ClN7O2. The average Bonchev–Trinajstić information content (AvgIpc) is 3.29. The smallest absolute Gasteiger partial charge is 0.167 e. The number of imidazole rings is 1. The van der Waals surface area contributed by atoms with Crippen LogP contribution in [0.2, 0.25) is 5.02 Å². The topological polar surface area (TPSA) is 101 Å². The van der Waals surface area contributed by atoms with Crippen LogP contribution in [0.4, 0.5) is 5.82 Å². The Morgan fingerprint density at radius 1 is 1.03 bits per heavy atom. The fraction of sp³-hybridized carbons (Fsp3) is 0.304. The normalized spacial score (nSPS) is 19.1. The van der Waals surface area contributed by atoms with Gasteiger partial charge in [0.2, 0.25) is 0 Å². The fourth-order valence-corrected chi connectivity index (χ4v) is 4.13. The van der Waals surface area contributed by atoms with Crippen molar-refractivity contribution in [1.82, 2.24) is 29.4 Å². The van der Waals surface area contributed by atoms with Crippen LogP contribution < -0.4 is 5.32 Å². The lowest BCUT2D eigenvalue weighted by molar-refractivity contribution is -0.135. The van der Waals surface area contributed by atoms with Gasteiger partial charge in [-0.15, -0.1) is 0 Å². The zero-order chi connectivity index (χ0) is 22.6. The van der Waals surface area contributed by atoms with Gasteiger partial charge in [-0.25, -0.2) is 15.0 Å². The van der Waals surface area contributed by atoms with Gasteiger partial charge in [0.15, 0.2) is 17.0 Å². The Morgan fingerprint density at radius 2 is 1.85 bits per heavy atom. The van der Waals surface area contributed by atoms with Crippen LogP contribution in [0.3, 0.4) is 0 Å². The van der Waals surface area contributed by atoms with Gasteiger partial charge in [-0.2, -0.15) is 0 Å². The lowest BCUT2D eigenvalue weighted by Gasteiger charge is -2.37. The number of nitrogens with one attached hydrogen (secondary N) is 1. The first kappa shape index (κ1) is 21.7. The van der Waals surface area contributed by atoms with Gasteiger partial charge in [-0.1, -0.05) is 23.7 Å². The Morgan fingerprint density at radius 3 is 2.64 bits per heavy atom. The van der Waals surface area contributed by atoms with Crippen molar-refractivity contribution in [3.63, 3.8) is 0 Å². The van der Waals surface area contributed by atoms with E-state index < -0.39 is 0 Å². The van der Waals surface area contributed by atoms with E-state index in [9.17, 15) is 5.11 Å². The van der Waals surface area contributed by atoms with Crippen molar-refractivity contribution >= 4 is 28.6 Å². The van der Waals surface area contributed by atoms with E-state index in [2.05, 4.69) is 30.2 Å². The molecule has 1 aliphatic rings. The molecule has 3 aromatic heterocycles. The minimum Gasteiger partial charge on any atom is -0.394 e. The predicted molar refractivity (Wildman–Crippen MR) is 125 cm³/mol. The largest absolute Gasteiger partial charge is 0.394 e. The average molecular weight is 466 g/mol. The number of rotatable bonds is 7. The van der Waals surface area contributed by atoms with E-state index in [0.717, 1.165) is 17.7 Å². The number of fused-ring (bicyclic) bond motifs is 1. The minimum atomic E-state index is -0.337. The Balaban J connectivity index is 1.36. The molecule has 4 aromatic rings. The van der Waals surface area contributed by atoms with E-state index in [1.165, 1.54) is 6.33 Å². The summed E-state index contributed by atoms with van der Waals surface area (Å²) >= 11 is 6.02. The maximum absolute atomic E-state index is 9.83. The van der Waals surface area contributed by atoms with E-state index in [1.807, 2.05) is 41.0 Å². The molecule has 170 valence electrons. The highest BCUT2D eigenvalue weighted by Gasteiger charge is 2.30. The summed E-state index contributed by atoms with van der Waals surface area (Å²) in [6, 6.07) is 11.7. The number of anilines is 1. The molecule has 0 unspecified atom stereocenters. The molecule has 0 spiro atoms. The van der Waals surface area contributed by atoms with Crippen molar-refractivity contribution in [3.05, 3.63) is 77.6 Å². The number of ether oxygens (including phenoxy) is 1. The van der Waals surface area contributed by atoms with Crippen LogP contribution in [0.1, 0.15) is 17.4 Å². The first-order chi connectivity index (χ1) is 16.2. The first-order valence-electron chi connectivity index (χ1n) is 10.7. The van der Waals surface area contributed by atoms with Crippen LogP contribution in [-0.2, 0) is 17.8 Å². The van der Waals surface area contributed by atoms with Crippen LogP contribution in [-0.4, -0.2) is 60.3 Å². The number of hydrogen-bond donors (Lipinski definition) is 2. The second kappa shape index (κ2) is 9.80. The van der Waals surface area contributed by atoms with Crippen molar-refractivity contribution in [3.8, 4) is 0 Å². The SMILES string of the molecule is OC[C@@H]1CN(Cc2ccc(Cl)cc2)C[C@H](n2cnc3c(NCc4ccncc4)ncnc32)O1. The van der Waals surface area contributed by atoms with Gasteiger partial charge in [-0.05, 0) is 35.4 Å². The molecule has 0 amide bonds. The highest BCUT2D eigenvalue weighted by atomic mass is 35.5. The van der Waals surface area contributed by atoms with Gasteiger partial charge in [0.25, 0.3) is 0 Å². The summed E-state index contributed by atoms with van der Waals surface area (Å²) in [5.41, 5.74) is 3.59. The molecule has 0 aliphatic carbocycles. The van der Waals surface area contributed by atoms with Crippen molar-refractivity contribution < 1.29 is 9.84 Å². The Bertz CT molecular complexity index is 1200. The van der Waals surface area contributed by atoms with E-state index in [4.69, 9.17) is 16.3 Å². The van der Waals surface area contributed by atoms with E-state index in [1.54, 1.807) is 18.7 Å². The van der Waals surface area contributed by atoms with Crippen LogP contribution in [0.5, 0.6) is 0 Å². The zero-order valence-corrected chi connectivity index (χ0v) is 18.6. The molecule has 0 bridgehead atoms. The second-order valence-corrected chi connectivity index (χ2v) is 8.41. The number of aliphatic hydroxyl groups excluding tert-OH is 1. The Hall–Kier alpha value is -3.11. The third-order valence-electron chi connectivity index (χ3n) is 5.63. The summed E-state index contributed by atoms with van der Waals surface area (Å²) in [5, 5.41) is 13.9. The van der Waals surface area contributed by atoms with Gasteiger partial charge < -0.3 is 15.2 Å². The molecule has 1 aliphatic heterocycles. The number of morpholine rings is 1. The van der Waals surface area contributed by atoms with Crippen molar-refractivity contribution in [2.24, 2.45) is 0 Å². The van der Waals surface area contributed by atoms with Gasteiger partial charge in [0, 0.05) is 43.6 Å². The quantitative estimate of drug-likeness (QED) is 0.429. The predicted octanol–water partition coefficient (Wildman–Crippen LogP) is 2.88. The van der Waals surface area contributed by atoms with Crippen molar-refractivity contribution in [2.75, 3.05) is 25.0 Å². The number of aliphatic hydroxyl groups is 1. The summed E-state index contributed by atoms with van der Waals surface area (Å²) in [5.74, 6) is 0.656. The first-order valence-corrected chi connectivity index (χ1v) is 11.1. The highest BCUT2D eigenvalue weighted by Crippen LogP contribution is 2.27. The maximum atomic E-state index is 9.83. The van der Waals surface area contributed by atoms with Crippen molar-refractivity contribution in [2.45, 2.75) is 25.4 Å². The Labute approximate surface area is 196 Å². The number of nitrogens with zero attached hydrogens (tertiary/aromatic N) is 6. The van der Waals surface area contributed by atoms with Crippen LogP contribution in [0.25, 0.3) is 11.2 Å². The maximum Gasteiger partial charge on any atom is 0.167 e. The molecule has 9 nitrogen and oxygen atoms in total. The number of benzene rings is 1. The number of aromatic nitrogens is 5. The van der Waals surface area contributed by atoms with Crippen LogP contribution in [0, 0.1) is 0 Å². The van der Waals surface area contributed by atoms with Crippen molar-refractivity contribution in [1.29, 1.82) is 0 Å². The summed E-state index contributed by atoms with van der Waals surface area (Å²) in [6.07, 6.45) is 6.12. The molecule has 2 atom stereocenters.